The standard InChI is InChI=1S/C9H8ClFO3/c1-14-9-2-5(8(13)4-10)7(12)3-6(9)11/h2-3,12H,4H2,1H3. The number of rotatable bonds is 3. The summed E-state index contributed by atoms with van der Waals surface area (Å²) in [6, 6.07) is 1.94. The van der Waals surface area contributed by atoms with Crippen LogP contribution in [0.3, 0.4) is 0 Å². The molecular weight excluding hydrogens is 211 g/mol. The van der Waals surface area contributed by atoms with Gasteiger partial charge >= 0.3 is 0 Å². The molecule has 0 radical (unpaired) electrons. The van der Waals surface area contributed by atoms with E-state index in [4.69, 9.17) is 11.6 Å². The average Bonchev–Trinajstić information content (AvgIpc) is 2.17. The van der Waals surface area contributed by atoms with Crippen LogP contribution in [0.25, 0.3) is 0 Å². The van der Waals surface area contributed by atoms with E-state index in [0.717, 1.165) is 12.1 Å². The summed E-state index contributed by atoms with van der Waals surface area (Å²) in [6.45, 7) is 0. The Hall–Kier alpha value is -1.29. The number of hydrogen-bond acceptors (Lipinski definition) is 3. The second-order valence-corrected chi connectivity index (χ2v) is 2.83. The predicted molar refractivity (Wildman–Crippen MR) is 49.7 cm³/mol. The molecular formula is C9H8ClFO3. The lowest BCUT2D eigenvalue weighted by Gasteiger charge is -2.06. The zero-order valence-electron chi connectivity index (χ0n) is 7.38. The molecule has 76 valence electrons. The Morgan fingerprint density at radius 2 is 2.29 bits per heavy atom. The van der Waals surface area contributed by atoms with E-state index in [1.165, 1.54) is 7.11 Å². The normalized spacial score (nSPS) is 9.93. The highest BCUT2D eigenvalue weighted by Gasteiger charge is 2.14. The molecule has 5 heteroatoms. The molecule has 3 nitrogen and oxygen atoms in total. The van der Waals surface area contributed by atoms with Crippen LogP contribution in [0.4, 0.5) is 4.39 Å². The van der Waals surface area contributed by atoms with Crippen LogP contribution in [-0.2, 0) is 0 Å². The molecule has 0 saturated carbocycles. The highest BCUT2D eigenvalue weighted by atomic mass is 35.5. The SMILES string of the molecule is COc1cc(C(=O)CCl)c(O)cc1F. The maximum Gasteiger partial charge on any atom is 0.181 e. The van der Waals surface area contributed by atoms with E-state index < -0.39 is 17.3 Å². The number of hydrogen-bond donors (Lipinski definition) is 1. The minimum atomic E-state index is -0.726. The van der Waals surface area contributed by atoms with Gasteiger partial charge in [0.25, 0.3) is 0 Å². The van der Waals surface area contributed by atoms with Gasteiger partial charge in [0, 0.05) is 6.07 Å². The first kappa shape index (κ1) is 10.8. The number of carbonyl (C=O) groups excluding carboxylic acids is 1. The van der Waals surface area contributed by atoms with Crippen LogP contribution in [0, 0.1) is 5.82 Å². The number of Topliss-reactive ketones (excluding diaryl/α,β-unsaturated/α-hetero) is 1. The Bertz CT molecular complexity index is 365. The van der Waals surface area contributed by atoms with Gasteiger partial charge in [-0.1, -0.05) is 0 Å². The van der Waals surface area contributed by atoms with E-state index in [0.29, 0.717) is 0 Å². The van der Waals surface area contributed by atoms with E-state index >= 15 is 0 Å². The molecule has 0 atom stereocenters. The van der Waals surface area contributed by atoms with Crippen molar-refractivity contribution in [2.75, 3.05) is 13.0 Å². The van der Waals surface area contributed by atoms with Crippen molar-refractivity contribution < 1.29 is 19.0 Å². The summed E-state index contributed by atoms with van der Waals surface area (Å²) >= 11 is 5.30. The minimum absolute atomic E-state index is 0.0433. The molecule has 1 N–H and O–H groups in total. The van der Waals surface area contributed by atoms with Crippen molar-refractivity contribution >= 4 is 17.4 Å². The minimum Gasteiger partial charge on any atom is -0.507 e. The van der Waals surface area contributed by atoms with Gasteiger partial charge in [0.05, 0.1) is 18.6 Å². The lowest BCUT2D eigenvalue weighted by atomic mass is 10.1. The predicted octanol–water partition coefficient (Wildman–Crippen LogP) is 1.96. The lowest BCUT2D eigenvalue weighted by molar-refractivity contribution is 0.101. The van der Waals surface area contributed by atoms with Crippen LogP contribution >= 0.6 is 11.6 Å². The van der Waals surface area contributed by atoms with Gasteiger partial charge in [0.15, 0.2) is 17.3 Å². The Balaban J connectivity index is 3.24. The Kier molecular flexibility index (Phi) is 3.30. The van der Waals surface area contributed by atoms with E-state index in [2.05, 4.69) is 4.74 Å². The van der Waals surface area contributed by atoms with E-state index in [1.54, 1.807) is 0 Å². The quantitative estimate of drug-likeness (QED) is 0.623. The Morgan fingerprint density at radius 1 is 1.64 bits per heavy atom. The first-order valence-electron chi connectivity index (χ1n) is 3.75. The fourth-order valence-electron chi connectivity index (χ4n) is 0.995. The maximum absolute atomic E-state index is 13.0. The van der Waals surface area contributed by atoms with Crippen molar-refractivity contribution in [1.29, 1.82) is 0 Å². The molecule has 0 saturated heterocycles. The topological polar surface area (TPSA) is 46.5 Å². The maximum atomic E-state index is 13.0. The van der Waals surface area contributed by atoms with Crippen LogP contribution in [0.2, 0.25) is 0 Å². The summed E-state index contributed by atoms with van der Waals surface area (Å²) in [5.41, 5.74) is -0.0433. The molecule has 0 aliphatic carbocycles. The number of ketones is 1. The summed E-state index contributed by atoms with van der Waals surface area (Å²) in [7, 11) is 1.27. The second kappa shape index (κ2) is 4.28. The summed E-state index contributed by atoms with van der Waals surface area (Å²) in [4.78, 5) is 11.1. The number of phenolic OH excluding ortho intramolecular Hbond substituents is 1. The van der Waals surface area contributed by atoms with Crippen molar-refractivity contribution in [2.24, 2.45) is 0 Å². The molecule has 0 aliphatic heterocycles. The smallest absolute Gasteiger partial charge is 0.181 e. The number of phenols is 1. The number of alkyl halides is 1. The second-order valence-electron chi connectivity index (χ2n) is 2.56. The zero-order chi connectivity index (χ0) is 10.7. The van der Waals surface area contributed by atoms with Crippen LogP contribution in [0.5, 0.6) is 11.5 Å². The third kappa shape index (κ3) is 1.96. The summed E-state index contributed by atoms with van der Waals surface area (Å²) in [6.07, 6.45) is 0. The van der Waals surface area contributed by atoms with Crippen molar-refractivity contribution in [1.82, 2.24) is 0 Å². The third-order valence-corrected chi connectivity index (χ3v) is 1.93. The van der Waals surface area contributed by atoms with Gasteiger partial charge in [0.2, 0.25) is 0 Å². The number of carbonyl (C=O) groups is 1. The van der Waals surface area contributed by atoms with Gasteiger partial charge in [-0.3, -0.25) is 4.79 Å². The number of benzene rings is 1. The summed E-state index contributed by atoms with van der Waals surface area (Å²) in [5.74, 6) is -2.02. The molecule has 0 aromatic heterocycles. The third-order valence-electron chi connectivity index (χ3n) is 1.69. The molecule has 0 amide bonds. The Labute approximate surface area is 85.1 Å². The molecule has 0 bridgehead atoms. The van der Waals surface area contributed by atoms with E-state index in [9.17, 15) is 14.3 Å². The first-order valence-corrected chi connectivity index (χ1v) is 4.29. The molecule has 0 aliphatic rings. The van der Waals surface area contributed by atoms with Gasteiger partial charge in [-0.25, -0.2) is 4.39 Å². The van der Waals surface area contributed by atoms with Gasteiger partial charge < -0.3 is 9.84 Å². The first-order chi connectivity index (χ1) is 6.60. The molecule has 14 heavy (non-hydrogen) atoms. The molecule has 0 heterocycles. The number of halogens is 2. The van der Waals surface area contributed by atoms with E-state index in [-0.39, 0.29) is 17.2 Å². The number of ether oxygens (including phenoxy) is 1. The average molecular weight is 219 g/mol. The van der Waals surface area contributed by atoms with Gasteiger partial charge in [0.1, 0.15) is 5.75 Å². The van der Waals surface area contributed by atoms with Crippen LogP contribution in [-0.4, -0.2) is 23.9 Å². The highest BCUT2D eigenvalue weighted by molar-refractivity contribution is 6.30. The van der Waals surface area contributed by atoms with Crippen molar-refractivity contribution in [2.45, 2.75) is 0 Å². The van der Waals surface area contributed by atoms with Gasteiger partial charge in [-0.15, -0.1) is 11.6 Å². The van der Waals surface area contributed by atoms with Crippen molar-refractivity contribution in [3.8, 4) is 11.5 Å². The number of aromatic hydroxyl groups is 1. The molecule has 0 unspecified atom stereocenters. The van der Waals surface area contributed by atoms with E-state index in [1.807, 2.05) is 0 Å². The molecule has 1 aromatic carbocycles. The fourth-order valence-corrected chi connectivity index (χ4v) is 1.14. The van der Waals surface area contributed by atoms with Crippen molar-refractivity contribution in [3.63, 3.8) is 0 Å². The zero-order valence-corrected chi connectivity index (χ0v) is 8.14. The largest absolute Gasteiger partial charge is 0.507 e. The lowest BCUT2D eigenvalue weighted by Crippen LogP contribution is -2.02. The highest BCUT2D eigenvalue weighted by Crippen LogP contribution is 2.27. The molecule has 0 fully saturated rings. The Morgan fingerprint density at radius 3 is 2.79 bits per heavy atom. The van der Waals surface area contributed by atoms with Crippen molar-refractivity contribution in [3.05, 3.63) is 23.5 Å². The summed E-state index contributed by atoms with van der Waals surface area (Å²) in [5, 5.41) is 9.24. The van der Waals surface area contributed by atoms with Crippen LogP contribution in [0.1, 0.15) is 10.4 Å². The van der Waals surface area contributed by atoms with Gasteiger partial charge in [-0.05, 0) is 6.07 Å². The fraction of sp³-hybridized carbons (Fsp3) is 0.222. The molecule has 0 spiro atoms. The number of methoxy groups -OCH3 is 1. The van der Waals surface area contributed by atoms with Gasteiger partial charge in [-0.2, -0.15) is 0 Å². The monoisotopic (exact) mass is 218 g/mol. The van der Waals surface area contributed by atoms with Crippen LogP contribution in [0.15, 0.2) is 12.1 Å². The summed E-state index contributed by atoms with van der Waals surface area (Å²) < 4.78 is 17.6. The van der Waals surface area contributed by atoms with Crippen LogP contribution < -0.4 is 4.74 Å². The molecule has 1 aromatic rings. The molecule has 1 rings (SSSR count).